The highest BCUT2D eigenvalue weighted by Crippen LogP contribution is 2.27. The molecule has 4 heteroatoms. The van der Waals surface area contributed by atoms with Crippen molar-refractivity contribution in [3.05, 3.63) is 69.7 Å². The van der Waals surface area contributed by atoms with Crippen LogP contribution in [0.1, 0.15) is 17.2 Å². The van der Waals surface area contributed by atoms with Gasteiger partial charge in [-0.3, -0.25) is 0 Å². The van der Waals surface area contributed by atoms with Crippen molar-refractivity contribution in [2.45, 2.75) is 6.04 Å². The molecule has 0 spiro atoms. The van der Waals surface area contributed by atoms with Gasteiger partial charge in [0, 0.05) is 10.0 Å². The summed E-state index contributed by atoms with van der Waals surface area (Å²) >= 11 is 3.37. The van der Waals surface area contributed by atoms with E-state index in [1.165, 1.54) is 6.07 Å². The Hall–Kier alpha value is -1.26. The van der Waals surface area contributed by atoms with E-state index < -0.39 is 11.6 Å². The van der Waals surface area contributed by atoms with Crippen LogP contribution in [0, 0.1) is 11.6 Å². The van der Waals surface area contributed by atoms with Crippen LogP contribution in [-0.4, -0.2) is 7.05 Å². The predicted octanol–water partition coefficient (Wildman–Crippen LogP) is 4.04. The van der Waals surface area contributed by atoms with Gasteiger partial charge < -0.3 is 5.32 Å². The first-order chi connectivity index (χ1) is 8.63. The predicted molar refractivity (Wildman–Crippen MR) is 71.4 cm³/mol. The number of halogens is 3. The molecule has 0 bridgehead atoms. The molecule has 1 atom stereocenters. The van der Waals surface area contributed by atoms with E-state index in [1.807, 2.05) is 24.3 Å². The van der Waals surface area contributed by atoms with Gasteiger partial charge in [0.25, 0.3) is 0 Å². The second-order valence-electron chi connectivity index (χ2n) is 3.92. The number of nitrogens with one attached hydrogen (secondary N) is 1. The van der Waals surface area contributed by atoms with Crippen molar-refractivity contribution in [2.24, 2.45) is 0 Å². The van der Waals surface area contributed by atoms with Crippen molar-refractivity contribution < 1.29 is 8.78 Å². The highest BCUT2D eigenvalue weighted by atomic mass is 79.9. The van der Waals surface area contributed by atoms with Crippen molar-refractivity contribution in [3.8, 4) is 0 Å². The van der Waals surface area contributed by atoms with E-state index in [1.54, 1.807) is 13.1 Å². The topological polar surface area (TPSA) is 12.0 Å². The lowest BCUT2D eigenvalue weighted by Gasteiger charge is -2.18. The molecule has 0 aliphatic heterocycles. The van der Waals surface area contributed by atoms with Crippen molar-refractivity contribution in [2.75, 3.05) is 7.05 Å². The monoisotopic (exact) mass is 311 g/mol. The first kappa shape index (κ1) is 13.2. The minimum Gasteiger partial charge on any atom is -0.309 e. The summed E-state index contributed by atoms with van der Waals surface area (Å²) in [6.07, 6.45) is 0. The number of rotatable bonds is 3. The summed E-state index contributed by atoms with van der Waals surface area (Å²) in [5, 5.41) is 3.00. The van der Waals surface area contributed by atoms with Crippen LogP contribution in [0.5, 0.6) is 0 Å². The van der Waals surface area contributed by atoms with Gasteiger partial charge in [0.1, 0.15) is 0 Å². The van der Waals surface area contributed by atoms with Crippen LogP contribution in [0.4, 0.5) is 8.78 Å². The molecular formula is C14H12BrF2N. The molecule has 1 N–H and O–H groups in total. The molecular weight excluding hydrogens is 300 g/mol. The van der Waals surface area contributed by atoms with E-state index in [-0.39, 0.29) is 6.04 Å². The molecule has 18 heavy (non-hydrogen) atoms. The molecule has 2 aromatic rings. The van der Waals surface area contributed by atoms with Gasteiger partial charge in [0.05, 0.1) is 6.04 Å². The molecule has 0 saturated heterocycles. The summed E-state index contributed by atoms with van der Waals surface area (Å²) in [7, 11) is 1.72. The summed E-state index contributed by atoms with van der Waals surface area (Å²) in [5.74, 6) is -1.64. The fourth-order valence-electron chi connectivity index (χ4n) is 1.93. The third-order valence-corrected chi connectivity index (χ3v) is 3.26. The van der Waals surface area contributed by atoms with E-state index in [9.17, 15) is 8.78 Å². The standard InChI is InChI=1S/C14H12BrF2N/c1-18-14(9-4-2-5-10(15)8-9)11-6-3-7-12(16)13(11)17/h2-8,14,18H,1H3. The Morgan fingerprint density at radius 2 is 1.83 bits per heavy atom. The van der Waals surface area contributed by atoms with Gasteiger partial charge in [-0.2, -0.15) is 0 Å². The molecule has 94 valence electrons. The van der Waals surface area contributed by atoms with Crippen LogP contribution in [0.3, 0.4) is 0 Å². The first-order valence-corrected chi connectivity index (χ1v) is 6.29. The highest BCUT2D eigenvalue weighted by Gasteiger charge is 2.18. The molecule has 0 heterocycles. The SMILES string of the molecule is CNC(c1cccc(Br)c1)c1cccc(F)c1F. The Bertz CT molecular complexity index is 557. The molecule has 0 radical (unpaired) electrons. The lowest BCUT2D eigenvalue weighted by Crippen LogP contribution is -2.19. The van der Waals surface area contributed by atoms with Crippen LogP contribution in [-0.2, 0) is 0 Å². The maximum Gasteiger partial charge on any atom is 0.163 e. The third-order valence-electron chi connectivity index (χ3n) is 2.76. The Balaban J connectivity index is 2.49. The van der Waals surface area contributed by atoms with Gasteiger partial charge in [-0.1, -0.05) is 40.2 Å². The average Bonchev–Trinajstić information content (AvgIpc) is 2.35. The van der Waals surface area contributed by atoms with Crippen molar-refractivity contribution in [3.63, 3.8) is 0 Å². The van der Waals surface area contributed by atoms with Gasteiger partial charge in [-0.25, -0.2) is 8.78 Å². The number of benzene rings is 2. The molecule has 0 saturated carbocycles. The molecule has 0 amide bonds. The summed E-state index contributed by atoms with van der Waals surface area (Å²) in [4.78, 5) is 0. The molecule has 2 aromatic carbocycles. The zero-order valence-electron chi connectivity index (χ0n) is 9.75. The van der Waals surface area contributed by atoms with Crippen LogP contribution in [0.15, 0.2) is 46.9 Å². The first-order valence-electron chi connectivity index (χ1n) is 5.50. The maximum atomic E-state index is 13.8. The molecule has 1 nitrogen and oxygen atoms in total. The van der Waals surface area contributed by atoms with E-state index >= 15 is 0 Å². The number of hydrogen-bond acceptors (Lipinski definition) is 1. The summed E-state index contributed by atoms with van der Waals surface area (Å²) in [6.45, 7) is 0. The highest BCUT2D eigenvalue weighted by molar-refractivity contribution is 9.10. The third kappa shape index (κ3) is 2.60. The molecule has 2 rings (SSSR count). The number of hydrogen-bond donors (Lipinski definition) is 1. The van der Waals surface area contributed by atoms with Gasteiger partial charge in [-0.15, -0.1) is 0 Å². The van der Waals surface area contributed by atoms with Gasteiger partial charge in [0.2, 0.25) is 0 Å². The molecule has 0 aliphatic rings. The largest absolute Gasteiger partial charge is 0.309 e. The van der Waals surface area contributed by atoms with E-state index in [0.29, 0.717) is 5.56 Å². The molecule has 0 aliphatic carbocycles. The van der Waals surface area contributed by atoms with Crippen LogP contribution < -0.4 is 5.32 Å². The van der Waals surface area contributed by atoms with Gasteiger partial charge >= 0.3 is 0 Å². The molecule has 1 unspecified atom stereocenters. The van der Waals surface area contributed by atoms with Crippen molar-refractivity contribution in [1.29, 1.82) is 0 Å². The lowest BCUT2D eigenvalue weighted by molar-refractivity contribution is 0.487. The quantitative estimate of drug-likeness (QED) is 0.902. The Kier molecular flexibility index (Phi) is 4.09. The smallest absolute Gasteiger partial charge is 0.163 e. The van der Waals surface area contributed by atoms with Crippen molar-refractivity contribution in [1.82, 2.24) is 5.32 Å². The molecule has 0 fully saturated rings. The van der Waals surface area contributed by atoms with Crippen LogP contribution >= 0.6 is 15.9 Å². The van der Waals surface area contributed by atoms with E-state index in [4.69, 9.17) is 0 Å². The van der Waals surface area contributed by atoms with Gasteiger partial charge in [-0.05, 0) is 30.8 Å². The summed E-state index contributed by atoms with van der Waals surface area (Å²) < 4.78 is 28.0. The zero-order valence-corrected chi connectivity index (χ0v) is 11.3. The maximum absolute atomic E-state index is 13.8. The second-order valence-corrected chi connectivity index (χ2v) is 4.84. The molecule has 0 aromatic heterocycles. The summed E-state index contributed by atoms with van der Waals surface area (Å²) in [5.41, 5.74) is 1.17. The fraction of sp³-hybridized carbons (Fsp3) is 0.143. The van der Waals surface area contributed by atoms with Gasteiger partial charge in [0.15, 0.2) is 11.6 Å². The average molecular weight is 312 g/mol. The lowest BCUT2D eigenvalue weighted by atomic mass is 9.98. The summed E-state index contributed by atoms with van der Waals surface area (Å²) in [6, 6.07) is 11.3. The second kappa shape index (κ2) is 5.59. The normalized spacial score (nSPS) is 12.4. The Morgan fingerprint density at radius 3 is 2.50 bits per heavy atom. The fourth-order valence-corrected chi connectivity index (χ4v) is 2.35. The van der Waals surface area contributed by atoms with Crippen LogP contribution in [0.2, 0.25) is 0 Å². The Morgan fingerprint density at radius 1 is 1.11 bits per heavy atom. The minimum atomic E-state index is -0.831. The van der Waals surface area contributed by atoms with Crippen molar-refractivity contribution >= 4 is 15.9 Å². The Labute approximate surface area is 113 Å². The van der Waals surface area contributed by atoms with Crippen LogP contribution in [0.25, 0.3) is 0 Å². The minimum absolute atomic E-state index is 0.301. The zero-order chi connectivity index (χ0) is 13.1. The van der Waals surface area contributed by atoms with E-state index in [2.05, 4.69) is 21.2 Å². The van der Waals surface area contributed by atoms with E-state index in [0.717, 1.165) is 16.1 Å².